The fourth-order valence-corrected chi connectivity index (χ4v) is 2.39. The van der Waals surface area contributed by atoms with Crippen molar-refractivity contribution in [3.8, 4) is 11.4 Å². The quantitative estimate of drug-likeness (QED) is 0.749. The van der Waals surface area contributed by atoms with E-state index in [4.69, 9.17) is 0 Å². The number of aryl methyl sites for hydroxylation is 1. The van der Waals surface area contributed by atoms with Gasteiger partial charge in [0.15, 0.2) is 0 Å². The summed E-state index contributed by atoms with van der Waals surface area (Å²) in [4.78, 5) is 7.86. The van der Waals surface area contributed by atoms with E-state index in [1.807, 2.05) is 19.1 Å². The van der Waals surface area contributed by atoms with Crippen LogP contribution in [0.1, 0.15) is 5.56 Å². The SMILES string of the molecule is Cc1cc(Br)cc2[nH]c(-c3ccnnc3)nc12. The van der Waals surface area contributed by atoms with Gasteiger partial charge in [0, 0.05) is 10.0 Å². The standard InChI is InChI=1S/C12H9BrN4/c1-7-4-9(13)5-10-11(7)17-12(16-10)8-2-3-14-15-6-8/h2-6H,1H3,(H,16,17). The summed E-state index contributed by atoms with van der Waals surface area (Å²) in [7, 11) is 0. The monoisotopic (exact) mass is 288 g/mol. The van der Waals surface area contributed by atoms with Gasteiger partial charge < -0.3 is 4.98 Å². The molecule has 0 bridgehead atoms. The van der Waals surface area contributed by atoms with Gasteiger partial charge in [-0.2, -0.15) is 10.2 Å². The van der Waals surface area contributed by atoms with Crippen molar-refractivity contribution in [1.29, 1.82) is 0 Å². The van der Waals surface area contributed by atoms with Crippen molar-refractivity contribution in [2.24, 2.45) is 0 Å². The van der Waals surface area contributed by atoms with E-state index in [1.54, 1.807) is 12.4 Å². The molecule has 0 saturated carbocycles. The first-order chi connectivity index (χ1) is 8.24. The number of nitrogens with one attached hydrogen (secondary N) is 1. The zero-order chi connectivity index (χ0) is 11.8. The highest BCUT2D eigenvalue weighted by Crippen LogP contribution is 2.25. The van der Waals surface area contributed by atoms with Gasteiger partial charge in [-0.25, -0.2) is 4.98 Å². The molecule has 4 nitrogen and oxygen atoms in total. The molecule has 5 heteroatoms. The second-order valence-electron chi connectivity index (χ2n) is 3.84. The molecule has 0 spiro atoms. The van der Waals surface area contributed by atoms with Crippen molar-refractivity contribution in [3.05, 3.63) is 40.6 Å². The lowest BCUT2D eigenvalue weighted by molar-refractivity contribution is 1.03. The van der Waals surface area contributed by atoms with Crippen LogP contribution in [0.4, 0.5) is 0 Å². The molecule has 0 aliphatic heterocycles. The van der Waals surface area contributed by atoms with Crippen molar-refractivity contribution in [3.63, 3.8) is 0 Å². The van der Waals surface area contributed by atoms with Crippen LogP contribution in [0.2, 0.25) is 0 Å². The van der Waals surface area contributed by atoms with Crippen LogP contribution in [0.25, 0.3) is 22.4 Å². The Balaban J connectivity index is 2.24. The topological polar surface area (TPSA) is 54.5 Å². The van der Waals surface area contributed by atoms with E-state index >= 15 is 0 Å². The summed E-state index contributed by atoms with van der Waals surface area (Å²) in [6, 6.07) is 5.96. The fourth-order valence-electron chi connectivity index (χ4n) is 1.81. The molecule has 17 heavy (non-hydrogen) atoms. The third kappa shape index (κ3) is 1.82. The molecule has 0 aliphatic rings. The minimum absolute atomic E-state index is 0.816. The Labute approximate surface area is 106 Å². The highest BCUT2D eigenvalue weighted by Gasteiger charge is 2.08. The van der Waals surface area contributed by atoms with Gasteiger partial charge in [-0.15, -0.1) is 0 Å². The molecule has 1 aromatic carbocycles. The lowest BCUT2D eigenvalue weighted by atomic mass is 10.2. The summed E-state index contributed by atoms with van der Waals surface area (Å²) in [5.41, 5.74) is 4.08. The number of hydrogen-bond donors (Lipinski definition) is 1. The van der Waals surface area contributed by atoms with Crippen LogP contribution in [-0.2, 0) is 0 Å². The molecule has 0 unspecified atom stereocenters. The Bertz CT molecular complexity index is 676. The van der Waals surface area contributed by atoms with Crippen molar-refractivity contribution in [1.82, 2.24) is 20.2 Å². The first-order valence-corrected chi connectivity index (χ1v) is 5.96. The third-order valence-corrected chi connectivity index (χ3v) is 3.06. The number of rotatable bonds is 1. The van der Waals surface area contributed by atoms with Crippen molar-refractivity contribution < 1.29 is 0 Å². The number of imidazole rings is 1. The Morgan fingerprint density at radius 2 is 2.12 bits per heavy atom. The van der Waals surface area contributed by atoms with Gasteiger partial charge in [0.25, 0.3) is 0 Å². The van der Waals surface area contributed by atoms with E-state index in [2.05, 4.69) is 42.2 Å². The molecule has 0 aliphatic carbocycles. The van der Waals surface area contributed by atoms with E-state index in [1.165, 1.54) is 0 Å². The van der Waals surface area contributed by atoms with E-state index < -0.39 is 0 Å². The predicted molar refractivity (Wildman–Crippen MR) is 69.6 cm³/mol. The first kappa shape index (κ1) is 10.4. The number of fused-ring (bicyclic) bond motifs is 1. The summed E-state index contributed by atoms with van der Waals surface area (Å²) >= 11 is 3.48. The van der Waals surface area contributed by atoms with E-state index in [0.717, 1.165) is 32.5 Å². The van der Waals surface area contributed by atoms with Crippen LogP contribution < -0.4 is 0 Å². The van der Waals surface area contributed by atoms with Crippen LogP contribution in [0.5, 0.6) is 0 Å². The molecule has 0 amide bonds. The van der Waals surface area contributed by atoms with Crippen LogP contribution in [-0.4, -0.2) is 20.2 Å². The summed E-state index contributed by atoms with van der Waals surface area (Å²) in [6.07, 6.45) is 3.35. The third-order valence-electron chi connectivity index (χ3n) is 2.60. The van der Waals surface area contributed by atoms with E-state index in [9.17, 15) is 0 Å². The summed E-state index contributed by atoms with van der Waals surface area (Å²) < 4.78 is 1.05. The van der Waals surface area contributed by atoms with Gasteiger partial charge in [-0.3, -0.25) is 0 Å². The Kier molecular flexibility index (Phi) is 2.40. The van der Waals surface area contributed by atoms with Crippen molar-refractivity contribution >= 4 is 27.0 Å². The molecular weight excluding hydrogens is 280 g/mol. The Hall–Kier alpha value is -1.75. The number of hydrogen-bond acceptors (Lipinski definition) is 3. The minimum Gasteiger partial charge on any atom is -0.338 e. The van der Waals surface area contributed by atoms with Crippen LogP contribution in [0, 0.1) is 6.92 Å². The van der Waals surface area contributed by atoms with Gasteiger partial charge in [0.2, 0.25) is 0 Å². The molecular formula is C12H9BrN4. The van der Waals surface area contributed by atoms with Gasteiger partial charge in [0.05, 0.1) is 23.4 Å². The molecule has 0 fully saturated rings. The van der Waals surface area contributed by atoms with Gasteiger partial charge in [0.1, 0.15) is 5.82 Å². The molecule has 1 N–H and O–H groups in total. The molecule has 0 radical (unpaired) electrons. The predicted octanol–water partition coefficient (Wildman–Crippen LogP) is 3.09. The maximum Gasteiger partial charge on any atom is 0.140 e. The second kappa shape index (κ2) is 3.92. The van der Waals surface area contributed by atoms with Gasteiger partial charge >= 0.3 is 0 Å². The minimum atomic E-state index is 0.816. The maximum atomic E-state index is 4.58. The summed E-state index contributed by atoms with van der Waals surface area (Å²) in [5, 5.41) is 7.61. The Morgan fingerprint density at radius 3 is 2.88 bits per heavy atom. The number of nitrogens with zero attached hydrogens (tertiary/aromatic N) is 3. The number of benzene rings is 1. The van der Waals surface area contributed by atoms with Crippen molar-refractivity contribution in [2.75, 3.05) is 0 Å². The number of H-pyrrole nitrogens is 1. The average molecular weight is 289 g/mol. The molecule has 84 valence electrons. The van der Waals surface area contributed by atoms with Crippen LogP contribution in [0.3, 0.4) is 0 Å². The normalized spacial score (nSPS) is 10.9. The number of aromatic nitrogens is 4. The number of aromatic amines is 1. The average Bonchev–Trinajstić information content (AvgIpc) is 2.74. The summed E-state index contributed by atoms with van der Waals surface area (Å²) in [5.74, 6) is 0.816. The number of halogens is 1. The highest BCUT2D eigenvalue weighted by atomic mass is 79.9. The van der Waals surface area contributed by atoms with Gasteiger partial charge in [-0.1, -0.05) is 15.9 Å². The summed E-state index contributed by atoms with van der Waals surface area (Å²) in [6.45, 7) is 2.04. The second-order valence-corrected chi connectivity index (χ2v) is 4.75. The zero-order valence-electron chi connectivity index (χ0n) is 9.11. The Morgan fingerprint density at radius 1 is 1.24 bits per heavy atom. The highest BCUT2D eigenvalue weighted by molar-refractivity contribution is 9.10. The lowest BCUT2D eigenvalue weighted by Crippen LogP contribution is -1.83. The van der Waals surface area contributed by atoms with E-state index in [-0.39, 0.29) is 0 Å². The largest absolute Gasteiger partial charge is 0.338 e. The maximum absolute atomic E-state index is 4.58. The van der Waals surface area contributed by atoms with E-state index in [0.29, 0.717) is 0 Å². The molecule has 3 rings (SSSR count). The zero-order valence-corrected chi connectivity index (χ0v) is 10.7. The first-order valence-electron chi connectivity index (χ1n) is 5.17. The molecule has 2 heterocycles. The lowest BCUT2D eigenvalue weighted by Gasteiger charge is -1.94. The molecule has 0 atom stereocenters. The van der Waals surface area contributed by atoms with Crippen molar-refractivity contribution in [2.45, 2.75) is 6.92 Å². The fraction of sp³-hybridized carbons (Fsp3) is 0.0833. The van der Waals surface area contributed by atoms with Crippen LogP contribution >= 0.6 is 15.9 Å². The molecule has 3 aromatic rings. The van der Waals surface area contributed by atoms with Crippen LogP contribution in [0.15, 0.2) is 35.1 Å². The molecule has 2 aromatic heterocycles. The smallest absolute Gasteiger partial charge is 0.140 e. The van der Waals surface area contributed by atoms with Gasteiger partial charge in [-0.05, 0) is 30.7 Å². The molecule has 0 saturated heterocycles.